The Labute approximate surface area is 169 Å². The molecule has 0 radical (unpaired) electrons. The van der Waals surface area contributed by atoms with Crippen molar-refractivity contribution in [3.05, 3.63) is 0 Å². The lowest BCUT2D eigenvalue weighted by Gasteiger charge is -2.41. The van der Waals surface area contributed by atoms with Gasteiger partial charge < -0.3 is 4.74 Å². The molecular formula is C14H15F15NO2+. The summed E-state index contributed by atoms with van der Waals surface area (Å²) in [5.74, 6) is -51.9. The van der Waals surface area contributed by atoms with Gasteiger partial charge in [-0.2, -0.15) is 65.9 Å². The molecule has 1 atom stereocenters. The van der Waals surface area contributed by atoms with E-state index in [0.29, 0.717) is 0 Å². The van der Waals surface area contributed by atoms with Crippen LogP contribution in [0.25, 0.3) is 0 Å². The number of esters is 1. The summed E-state index contributed by atoms with van der Waals surface area (Å²) in [6.07, 6.45) is -9.96. The fourth-order valence-electron chi connectivity index (χ4n) is 2.08. The first-order valence-electron chi connectivity index (χ1n) is 7.94. The van der Waals surface area contributed by atoms with Gasteiger partial charge in [0.25, 0.3) is 0 Å². The standard InChI is InChI=1S/C14H15F15NO2/c1-5-6(30(2,3)4)32-7(31)8(15,16)9(17,18)10(19,20)11(21,22)12(23,24)13(25,26)14(27,28)29/h6H,5H2,1-4H3/q+1. The largest absolute Gasteiger partial charge is 0.460 e. The molecule has 32 heavy (non-hydrogen) atoms. The smallest absolute Gasteiger partial charge is 0.408 e. The van der Waals surface area contributed by atoms with E-state index in [1.165, 1.54) is 0 Å². The number of quaternary nitrogens is 1. The maximum absolute atomic E-state index is 13.7. The highest BCUT2D eigenvalue weighted by Crippen LogP contribution is 2.62. The third-order valence-corrected chi connectivity index (χ3v) is 4.04. The third kappa shape index (κ3) is 4.30. The second-order valence-electron chi connectivity index (χ2n) is 7.33. The SMILES string of the molecule is CCC(OC(=O)C(F)(F)C(F)(F)C(F)(F)C(F)(F)C(F)(F)C(F)(F)C(F)(F)F)[N+](C)(C)C. The molecule has 3 nitrogen and oxygen atoms in total. The molecule has 0 N–H and O–H groups in total. The van der Waals surface area contributed by atoms with Gasteiger partial charge in [0, 0.05) is 6.42 Å². The Morgan fingerprint density at radius 2 is 0.969 bits per heavy atom. The van der Waals surface area contributed by atoms with Crippen molar-refractivity contribution in [3.63, 3.8) is 0 Å². The van der Waals surface area contributed by atoms with E-state index in [1.807, 2.05) is 0 Å². The first-order chi connectivity index (χ1) is 13.6. The molecular weight excluding hydrogens is 499 g/mol. The summed E-state index contributed by atoms with van der Waals surface area (Å²) in [4.78, 5) is 11.4. The van der Waals surface area contributed by atoms with Crippen LogP contribution in [0.15, 0.2) is 0 Å². The molecule has 0 saturated carbocycles. The van der Waals surface area contributed by atoms with Crippen molar-refractivity contribution in [3.8, 4) is 0 Å². The van der Waals surface area contributed by atoms with E-state index in [2.05, 4.69) is 4.74 Å². The Balaban J connectivity index is 6.51. The van der Waals surface area contributed by atoms with Gasteiger partial charge in [0.1, 0.15) is 0 Å². The summed E-state index contributed by atoms with van der Waals surface area (Å²) in [7, 11) is 3.29. The Hall–Kier alpha value is -1.62. The van der Waals surface area contributed by atoms with Crippen LogP contribution in [0.1, 0.15) is 13.3 Å². The summed E-state index contributed by atoms with van der Waals surface area (Å²) in [6.45, 7) is 1.10. The number of carbonyl (C=O) groups excluding carboxylic acids is 1. The monoisotopic (exact) mass is 514 g/mol. The van der Waals surface area contributed by atoms with Crippen molar-refractivity contribution in [1.29, 1.82) is 0 Å². The van der Waals surface area contributed by atoms with Crippen molar-refractivity contribution in [2.45, 2.75) is 61.3 Å². The molecule has 0 aromatic heterocycles. The highest BCUT2D eigenvalue weighted by atomic mass is 19.4. The summed E-state index contributed by atoms with van der Waals surface area (Å²) < 4.78 is 199. The predicted octanol–water partition coefficient (Wildman–Crippen LogP) is 5.35. The van der Waals surface area contributed by atoms with E-state index >= 15 is 0 Å². The molecule has 0 spiro atoms. The minimum absolute atomic E-state index is 0.459. The normalized spacial score (nSPS) is 16.7. The molecule has 0 bridgehead atoms. The van der Waals surface area contributed by atoms with Gasteiger partial charge in [-0.05, 0) is 0 Å². The Morgan fingerprint density at radius 3 is 1.25 bits per heavy atom. The van der Waals surface area contributed by atoms with Crippen LogP contribution in [0, 0.1) is 0 Å². The minimum Gasteiger partial charge on any atom is -0.408 e. The van der Waals surface area contributed by atoms with Crippen molar-refractivity contribution in [1.82, 2.24) is 0 Å². The Kier molecular flexibility index (Phi) is 7.60. The molecule has 0 aliphatic heterocycles. The average molecular weight is 514 g/mol. The molecule has 0 aromatic carbocycles. The van der Waals surface area contributed by atoms with Crippen molar-refractivity contribution < 1.29 is 79.9 Å². The summed E-state index contributed by atoms with van der Waals surface area (Å²) in [5, 5.41) is 0. The van der Waals surface area contributed by atoms with Crippen LogP contribution in [-0.4, -0.2) is 79.5 Å². The van der Waals surface area contributed by atoms with Crippen molar-refractivity contribution >= 4 is 5.97 Å². The van der Waals surface area contributed by atoms with Crippen LogP contribution in [0.3, 0.4) is 0 Å². The fraction of sp³-hybridized carbons (Fsp3) is 0.929. The van der Waals surface area contributed by atoms with Gasteiger partial charge in [-0.3, -0.25) is 4.48 Å². The predicted molar refractivity (Wildman–Crippen MR) is 73.9 cm³/mol. The van der Waals surface area contributed by atoms with Crippen LogP contribution in [-0.2, 0) is 9.53 Å². The van der Waals surface area contributed by atoms with Gasteiger partial charge in [-0.15, -0.1) is 0 Å². The van der Waals surface area contributed by atoms with Gasteiger partial charge in [0.05, 0.1) is 21.1 Å². The summed E-state index contributed by atoms with van der Waals surface area (Å²) >= 11 is 0. The van der Waals surface area contributed by atoms with Gasteiger partial charge in [-0.1, -0.05) is 6.92 Å². The molecule has 1 unspecified atom stereocenters. The van der Waals surface area contributed by atoms with E-state index in [0.717, 1.165) is 28.1 Å². The van der Waals surface area contributed by atoms with Crippen LogP contribution >= 0.6 is 0 Å². The maximum Gasteiger partial charge on any atom is 0.460 e. The van der Waals surface area contributed by atoms with E-state index < -0.39 is 64.8 Å². The van der Waals surface area contributed by atoms with E-state index in [1.54, 1.807) is 0 Å². The number of rotatable bonds is 9. The molecule has 0 rings (SSSR count). The number of nitrogens with zero attached hydrogens (tertiary/aromatic N) is 1. The Bertz CT molecular complexity index is 693. The topological polar surface area (TPSA) is 26.3 Å². The zero-order valence-corrected chi connectivity index (χ0v) is 16.2. The minimum atomic E-state index is -8.45. The second kappa shape index (κ2) is 8.00. The van der Waals surface area contributed by atoms with E-state index in [4.69, 9.17) is 0 Å². The molecule has 0 fully saturated rings. The zero-order valence-electron chi connectivity index (χ0n) is 16.2. The number of hydrogen-bond acceptors (Lipinski definition) is 2. The summed E-state index contributed by atoms with van der Waals surface area (Å²) in [6, 6.07) is 0. The number of ether oxygens (including phenoxy) is 1. The third-order valence-electron chi connectivity index (χ3n) is 4.04. The van der Waals surface area contributed by atoms with Gasteiger partial charge in [0.2, 0.25) is 6.23 Å². The number of hydrogen-bond donors (Lipinski definition) is 0. The fourth-order valence-corrected chi connectivity index (χ4v) is 2.08. The highest BCUT2D eigenvalue weighted by molar-refractivity contribution is 5.79. The Morgan fingerprint density at radius 1 is 0.656 bits per heavy atom. The van der Waals surface area contributed by atoms with Crippen LogP contribution in [0.4, 0.5) is 65.9 Å². The van der Waals surface area contributed by atoms with Crippen LogP contribution < -0.4 is 0 Å². The molecule has 0 heterocycles. The van der Waals surface area contributed by atoms with Crippen LogP contribution in [0.5, 0.6) is 0 Å². The lowest BCUT2D eigenvalue weighted by molar-refractivity contribution is -0.917. The first kappa shape index (κ1) is 30.4. The molecule has 0 amide bonds. The molecule has 0 aromatic rings. The highest BCUT2D eigenvalue weighted by Gasteiger charge is 2.94. The zero-order chi connectivity index (χ0) is 26.6. The molecule has 0 aliphatic carbocycles. The molecule has 192 valence electrons. The van der Waals surface area contributed by atoms with Gasteiger partial charge in [-0.25, -0.2) is 4.79 Å². The lowest BCUT2D eigenvalue weighted by Crippen LogP contribution is -2.73. The number of carbonyl (C=O) groups is 1. The second-order valence-corrected chi connectivity index (χ2v) is 7.33. The molecule has 0 aliphatic rings. The van der Waals surface area contributed by atoms with E-state index in [9.17, 15) is 70.7 Å². The van der Waals surface area contributed by atoms with Crippen molar-refractivity contribution in [2.75, 3.05) is 21.1 Å². The quantitative estimate of drug-likeness (QED) is 0.180. The summed E-state index contributed by atoms with van der Waals surface area (Å²) in [5.41, 5.74) is 0. The number of alkyl halides is 15. The maximum atomic E-state index is 13.7. The van der Waals surface area contributed by atoms with Crippen LogP contribution in [0.2, 0.25) is 0 Å². The lowest BCUT2D eigenvalue weighted by atomic mass is 9.91. The average Bonchev–Trinajstić information content (AvgIpc) is 2.56. The molecule has 18 heteroatoms. The van der Waals surface area contributed by atoms with Crippen molar-refractivity contribution in [2.24, 2.45) is 0 Å². The molecule has 0 saturated heterocycles. The van der Waals surface area contributed by atoms with Gasteiger partial charge in [0.15, 0.2) is 0 Å². The first-order valence-corrected chi connectivity index (χ1v) is 7.94. The van der Waals surface area contributed by atoms with Gasteiger partial charge >= 0.3 is 47.7 Å². The number of halogens is 15. The van der Waals surface area contributed by atoms with E-state index in [-0.39, 0.29) is 0 Å².